The highest BCUT2D eigenvalue weighted by atomic mass is 16.2. The van der Waals surface area contributed by atoms with Gasteiger partial charge in [0.25, 0.3) is 0 Å². The number of hydrogen-bond acceptors (Lipinski definition) is 2. The van der Waals surface area contributed by atoms with Gasteiger partial charge in [0.15, 0.2) is 0 Å². The molecule has 0 radical (unpaired) electrons. The number of rotatable bonds is 6. The Morgan fingerprint density at radius 1 is 1.10 bits per heavy atom. The van der Waals surface area contributed by atoms with Gasteiger partial charge in [-0.15, -0.1) is 0 Å². The van der Waals surface area contributed by atoms with E-state index in [2.05, 4.69) is 57.3 Å². The summed E-state index contributed by atoms with van der Waals surface area (Å²) < 4.78 is 0. The number of nitrogens with zero attached hydrogens (tertiary/aromatic N) is 1. The van der Waals surface area contributed by atoms with Gasteiger partial charge in [0, 0.05) is 31.5 Å². The first-order valence-corrected chi connectivity index (χ1v) is 11.4. The van der Waals surface area contributed by atoms with Crippen molar-refractivity contribution < 1.29 is 9.59 Å². The van der Waals surface area contributed by atoms with E-state index in [-0.39, 0.29) is 29.3 Å². The van der Waals surface area contributed by atoms with Crippen molar-refractivity contribution in [3.05, 3.63) is 35.4 Å². The first-order valence-electron chi connectivity index (χ1n) is 11.4. The van der Waals surface area contributed by atoms with E-state index in [4.69, 9.17) is 0 Å². The van der Waals surface area contributed by atoms with Crippen molar-refractivity contribution >= 4 is 11.8 Å². The third-order valence-electron chi connectivity index (χ3n) is 6.79. The molecule has 2 aliphatic rings. The normalized spacial score (nSPS) is 22.0. The summed E-state index contributed by atoms with van der Waals surface area (Å²) in [5, 5.41) is 3.22. The molecule has 2 amide bonds. The van der Waals surface area contributed by atoms with Crippen LogP contribution in [0.2, 0.25) is 0 Å². The molecule has 1 saturated heterocycles. The Labute approximate surface area is 176 Å². The Hall–Kier alpha value is -1.84. The van der Waals surface area contributed by atoms with Crippen LogP contribution in [0.5, 0.6) is 0 Å². The number of carbonyl (C=O) groups excluding carboxylic acids is 2. The second kappa shape index (κ2) is 9.32. The van der Waals surface area contributed by atoms with Gasteiger partial charge in [-0.05, 0) is 48.6 Å². The summed E-state index contributed by atoms with van der Waals surface area (Å²) in [6, 6.07) is 8.80. The summed E-state index contributed by atoms with van der Waals surface area (Å²) in [5.41, 5.74) is 2.55. The van der Waals surface area contributed by atoms with Gasteiger partial charge >= 0.3 is 0 Å². The molecule has 1 aromatic carbocycles. The van der Waals surface area contributed by atoms with Crippen LogP contribution < -0.4 is 5.32 Å². The van der Waals surface area contributed by atoms with Gasteiger partial charge in [0.1, 0.15) is 0 Å². The van der Waals surface area contributed by atoms with Gasteiger partial charge in [-0.2, -0.15) is 0 Å². The minimum atomic E-state index is 0.0170. The predicted octanol–water partition coefficient (Wildman–Crippen LogP) is 4.95. The molecular formula is C25H38N2O2. The molecule has 0 bridgehead atoms. The van der Waals surface area contributed by atoms with E-state index in [1.165, 1.54) is 37.7 Å². The van der Waals surface area contributed by atoms with Crippen molar-refractivity contribution in [3.63, 3.8) is 0 Å². The second-order valence-corrected chi connectivity index (χ2v) is 10.1. The first-order chi connectivity index (χ1) is 13.7. The summed E-state index contributed by atoms with van der Waals surface area (Å²) in [5.74, 6) is 0.870. The van der Waals surface area contributed by atoms with E-state index in [0.29, 0.717) is 25.3 Å². The fourth-order valence-electron chi connectivity index (χ4n) is 4.81. The Bertz CT molecular complexity index is 699. The average molecular weight is 399 g/mol. The van der Waals surface area contributed by atoms with Gasteiger partial charge in [-0.3, -0.25) is 9.59 Å². The topological polar surface area (TPSA) is 49.4 Å². The fourth-order valence-corrected chi connectivity index (χ4v) is 4.81. The quantitative estimate of drug-likeness (QED) is 0.737. The van der Waals surface area contributed by atoms with Crippen molar-refractivity contribution in [3.8, 4) is 0 Å². The lowest BCUT2D eigenvalue weighted by molar-refractivity contribution is -0.130. The number of likely N-dealkylation sites (tertiary alicyclic amines) is 1. The summed E-state index contributed by atoms with van der Waals surface area (Å²) >= 11 is 0. The molecular weight excluding hydrogens is 360 g/mol. The summed E-state index contributed by atoms with van der Waals surface area (Å²) in [7, 11) is 0. The van der Waals surface area contributed by atoms with Crippen molar-refractivity contribution in [2.24, 2.45) is 5.92 Å². The molecule has 4 heteroatoms. The summed E-state index contributed by atoms with van der Waals surface area (Å²) in [4.78, 5) is 27.0. The monoisotopic (exact) mass is 398 g/mol. The van der Waals surface area contributed by atoms with Crippen LogP contribution in [-0.4, -0.2) is 28.8 Å². The lowest BCUT2D eigenvalue weighted by Gasteiger charge is -2.29. The molecule has 1 unspecified atom stereocenters. The number of benzene rings is 1. The molecule has 4 nitrogen and oxygen atoms in total. The van der Waals surface area contributed by atoms with E-state index in [1.54, 1.807) is 0 Å². The Kier molecular flexibility index (Phi) is 7.02. The molecule has 1 aromatic rings. The van der Waals surface area contributed by atoms with Crippen LogP contribution >= 0.6 is 0 Å². The van der Waals surface area contributed by atoms with E-state index in [0.717, 1.165) is 12.0 Å². The van der Waals surface area contributed by atoms with Crippen LogP contribution in [0.1, 0.15) is 90.2 Å². The number of amides is 2. The molecule has 2 fully saturated rings. The van der Waals surface area contributed by atoms with E-state index >= 15 is 0 Å². The van der Waals surface area contributed by atoms with Crippen LogP contribution in [0.15, 0.2) is 24.3 Å². The largest absolute Gasteiger partial charge is 0.353 e. The molecule has 2 atom stereocenters. The third-order valence-corrected chi connectivity index (χ3v) is 6.79. The summed E-state index contributed by atoms with van der Waals surface area (Å²) in [6.45, 7) is 9.35. The minimum absolute atomic E-state index is 0.0170. The SMILES string of the molecule is C[C@@H](NC(=O)CC1CCC(=O)N1Cc1ccc(C(C)(C)C)cc1)C1CCCCC1. The van der Waals surface area contributed by atoms with Crippen molar-refractivity contribution in [2.75, 3.05) is 0 Å². The van der Waals surface area contributed by atoms with Gasteiger partial charge in [-0.25, -0.2) is 0 Å². The standard InChI is InChI=1S/C25H38N2O2/c1-18(20-8-6-5-7-9-20)26-23(28)16-22-14-15-24(29)27(22)17-19-10-12-21(13-11-19)25(2,3)4/h10-13,18,20,22H,5-9,14-17H2,1-4H3,(H,26,28)/t18-,22?/m1/s1. The molecule has 3 rings (SSSR count). The van der Waals surface area contributed by atoms with Crippen molar-refractivity contribution in [1.82, 2.24) is 10.2 Å². The maximum Gasteiger partial charge on any atom is 0.223 e. The van der Waals surface area contributed by atoms with Crippen LogP contribution in [0.3, 0.4) is 0 Å². The maximum absolute atomic E-state index is 12.7. The zero-order valence-corrected chi connectivity index (χ0v) is 18.7. The first kappa shape index (κ1) is 21.9. The van der Waals surface area contributed by atoms with Gasteiger partial charge in [0.05, 0.1) is 0 Å². The van der Waals surface area contributed by atoms with Crippen molar-refractivity contribution in [1.29, 1.82) is 0 Å². The fraction of sp³-hybridized carbons (Fsp3) is 0.680. The molecule has 0 aromatic heterocycles. The van der Waals surface area contributed by atoms with Gasteiger partial charge in [-0.1, -0.05) is 64.3 Å². The molecule has 1 N–H and O–H groups in total. The second-order valence-electron chi connectivity index (χ2n) is 10.1. The van der Waals surface area contributed by atoms with Crippen molar-refractivity contribution in [2.45, 2.75) is 103 Å². The lowest BCUT2D eigenvalue weighted by atomic mass is 9.84. The van der Waals surface area contributed by atoms with Crippen LogP contribution in [0, 0.1) is 5.92 Å². The molecule has 1 aliphatic heterocycles. The maximum atomic E-state index is 12.7. The summed E-state index contributed by atoms with van der Waals surface area (Å²) in [6.07, 6.45) is 8.09. The Morgan fingerprint density at radius 3 is 2.38 bits per heavy atom. The predicted molar refractivity (Wildman–Crippen MR) is 118 cm³/mol. The highest BCUT2D eigenvalue weighted by molar-refractivity contribution is 5.82. The van der Waals surface area contributed by atoms with Gasteiger partial charge in [0.2, 0.25) is 11.8 Å². The number of carbonyl (C=O) groups is 2. The average Bonchev–Trinajstić information content (AvgIpc) is 3.01. The zero-order valence-electron chi connectivity index (χ0n) is 18.7. The molecule has 1 heterocycles. The van der Waals surface area contributed by atoms with E-state index in [9.17, 15) is 9.59 Å². The molecule has 1 aliphatic carbocycles. The van der Waals surface area contributed by atoms with E-state index < -0.39 is 0 Å². The van der Waals surface area contributed by atoms with Gasteiger partial charge < -0.3 is 10.2 Å². The smallest absolute Gasteiger partial charge is 0.223 e. The number of nitrogens with one attached hydrogen (secondary N) is 1. The molecule has 29 heavy (non-hydrogen) atoms. The molecule has 0 spiro atoms. The Morgan fingerprint density at radius 2 is 1.76 bits per heavy atom. The zero-order chi connectivity index (χ0) is 21.0. The molecule has 160 valence electrons. The number of hydrogen-bond donors (Lipinski definition) is 1. The van der Waals surface area contributed by atoms with Crippen LogP contribution in [0.25, 0.3) is 0 Å². The molecule has 1 saturated carbocycles. The van der Waals surface area contributed by atoms with E-state index in [1.807, 2.05) is 4.90 Å². The Balaban J connectivity index is 1.56. The lowest BCUT2D eigenvalue weighted by Crippen LogP contribution is -2.42. The third kappa shape index (κ3) is 5.83. The van der Waals surface area contributed by atoms with Crippen LogP contribution in [-0.2, 0) is 21.5 Å². The minimum Gasteiger partial charge on any atom is -0.353 e. The highest BCUT2D eigenvalue weighted by Gasteiger charge is 2.33. The highest BCUT2D eigenvalue weighted by Crippen LogP contribution is 2.28. The van der Waals surface area contributed by atoms with Crippen LogP contribution in [0.4, 0.5) is 0 Å².